The molecule has 2 unspecified atom stereocenters. The largest absolute Gasteiger partial charge is 0.393 e. The van der Waals surface area contributed by atoms with Gasteiger partial charge in [0.1, 0.15) is 0 Å². The molecule has 0 aliphatic heterocycles. The molecule has 2 atom stereocenters. The summed E-state index contributed by atoms with van der Waals surface area (Å²) >= 11 is 0. The maximum absolute atomic E-state index is 10.1. The Bertz CT molecular complexity index is 251. The van der Waals surface area contributed by atoms with Crippen LogP contribution in [0.1, 0.15) is 53.4 Å². The summed E-state index contributed by atoms with van der Waals surface area (Å²) in [6.07, 6.45) is 2.99. The van der Waals surface area contributed by atoms with Crippen LogP contribution in [0.3, 0.4) is 0 Å². The molecule has 1 rings (SSSR count). The fourth-order valence-corrected chi connectivity index (χ4v) is 2.82. The lowest BCUT2D eigenvalue weighted by atomic mass is 9.70. The molecule has 0 aromatic rings. The van der Waals surface area contributed by atoms with Crippen LogP contribution in [0.2, 0.25) is 0 Å². The summed E-state index contributed by atoms with van der Waals surface area (Å²) in [6, 6.07) is 0. The number of aliphatic hydroxyl groups excluding tert-OH is 2. The maximum atomic E-state index is 10.1. The minimum Gasteiger partial charge on any atom is -0.393 e. The first kappa shape index (κ1) is 12.7. The summed E-state index contributed by atoms with van der Waals surface area (Å²) in [7, 11) is 0. The van der Waals surface area contributed by atoms with E-state index in [1.165, 1.54) is 12.0 Å². The molecular formula is C13H24O2. The van der Waals surface area contributed by atoms with Crippen LogP contribution in [-0.4, -0.2) is 22.4 Å². The van der Waals surface area contributed by atoms with E-state index in [4.69, 9.17) is 0 Å². The Morgan fingerprint density at radius 2 is 1.93 bits per heavy atom. The van der Waals surface area contributed by atoms with Gasteiger partial charge in [-0.2, -0.15) is 0 Å². The van der Waals surface area contributed by atoms with Crippen LogP contribution >= 0.6 is 0 Å². The zero-order valence-corrected chi connectivity index (χ0v) is 10.4. The molecule has 2 heteroatoms. The summed E-state index contributed by atoms with van der Waals surface area (Å²) in [5.74, 6) is 0. The topological polar surface area (TPSA) is 40.5 Å². The summed E-state index contributed by atoms with van der Waals surface area (Å²) in [4.78, 5) is 0. The van der Waals surface area contributed by atoms with Gasteiger partial charge >= 0.3 is 0 Å². The number of aliphatic hydroxyl groups is 2. The van der Waals surface area contributed by atoms with Crippen molar-refractivity contribution in [3.05, 3.63) is 11.1 Å². The maximum Gasteiger partial charge on any atom is 0.0782 e. The van der Waals surface area contributed by atoms with Crippen molar-refractivity contribution in [1.82, 2.24) is 0 Å². The van der Waals surface area contributed by atoms with Crippen LogP contribution in [0.25, 0.3) is 0 Å². The second kappa shape index (κ2) is 4.67. The Labute approximate surface area is 93.0 Å². The lowest BCUT2D eigenvalue weighted by Gasteiger charge is -2.37. The number of hydrogen-bond acceptors (Lipinski definition) is 2. The third-order valence-electron chi connectivity index (χ3n) is 3.44. The first-order valence-corrected chi connectivity index (χ1v) is 5.91. The van der Waals surface area contributed by atoms with E-state index in [1.807, 2.05) is 0 Å². The van der Waals surface area contributed by atoms with E-state index in [2.05, 4.69) is 20.8 Å². The number of allylic oxidation sites excluding steroid dienone is 1. The molecular weight excluding hydrogens is 188 g/mol. The van der Waals surface area contributed by atoms with Crippen molar-refractivity contribution in [1.29, 1.82) is 0 Å². The SMILES string of the molecule is CC1=C(C(O)CC(C)O)C(C)(C)CCC1. The van der Waals surface area contributed by atoms with Gasteiger partial charge in [0, 0.05) is 6.42 Å². The molecule has 1 aliphatic carbocycles. The average molecular weight is 212 g/mol. The molecule has 0 bridgehead atoms. The Kier molecular flexibility index (Phi) is 3.96. The average Bonchev–Trinajstić information content (AvgIpc) is 1.99. The van der Waals surface area contributed by atoms with Gasteiger partial charge in [-0.15, -0.1) is 0 Å². The Balaban J connectivity index is 2.88. The van der Waals surface area contributed by atoms with E-state index in [9.17, 15) is 10.2 Å². The number of rotatable bonds is 3. The molecule has 0 heterocycles. The highest BCUT2D eigenvalue weighted by atomic mass is 16.3. The molecule has 0 radical (unpaired) electrons. The van der Waals surface area contributed by atoms with Crippen LogP contribution in [0.5, 0.6) is 0 Å². The summed E-state index contributed by atoms with van der Waals surface area (Å²) in [5.41, 5.74) is 2.57. The van der Waals surface area contributed by atoms with Crippen molar-refractivity contribution < 1.29 is 10.2 Å². The van der Waals surface area contributed by atoms with Crippen LogP contribution in [0, 0.1) is 5.41 Å². The Morgan fingerprint density at radius 3 is 2.40 bits per heavy atom. The van der Waals surface area contributed by atoms with E-state index in [1.54, 1.807) is 6.92 Å². The van der Waals surface area contributed by atoms with E-state index in [0.717, 1.165) is 18.4 Å². The van der Waals surface area contributed by atoms with E-state index in [-0.39, 0.29) is 5.41 Å². The molecule has 15 heavy (non-hydrogen) atoms. The molecule has 1 aliphatic rings. The van der Waals surface area contributed by atoms with Gasteiger partial charge < -0.3 is 10.2 Å². The predicted molar refractivity (Wildman–Crippen MR) is 62.6 cm³/mol. The fraction of sp³-hybridized carbons (Fsp3) is 0.846. The van der Waals surface area contributed by atoms with Gasteiger partial charge in [-0.1, -0.05) is 19.4 Å². The van der Waals surface area contributed by atoms with E-state index >= 15 is 0 Å². The van der Waals surface area contributed by atoms with Gasteiger partial charge in [0.05, 0.1) is 12.2 Å². The van der Waals surface area contributed by atoms with Crippen molar-refractivity contribution in [2.24, 2.45) is 5.41 Å². The minimum absolute atomic E-state index is 0.0939. The molecule has 0 aromatic carbocycles. The first-order valence-electron chi connectivity index (χ1n) is 5.91. The van der Waals surface area contributed by atoms with Gasteiger partial charge in [-0.25, -0.2) is 0 Å². The van der Waals surface area contributed by atoms with Crippen molar-refractivity contribution in [3.8, 4) is 0 Å². The van der Waals surface area contributed by atoms with Gasteiger partial charge in [0.15, 0.2) is 0 Å². The summed E-state index contributed by atoms with van der Waals surface area (Å²) < 4.78 is 0. The molecule has 0 amide bonds. The minimum atomic E-state index is -0.472. The predicted octanol–water partition coefficient (Wildman–Crippen LogP) is 2.64. The Hall–Kier alpha value is -0.340. The van der Waals surface area contributed by atoms with Crippen LogP contribution in [0.4, 0.5) is 0 Å². The van der Waals surface area contributed by atoms with Crippen molar-refractivity contribution in [2.75, 3.05) is 0 Å². The second-order valence-corrected chi connectivity index (χ2v) is 5.53. The monoisotopic (exact) mass is 212 g/mol. The lowest BCUT2D eigenvalue weighted by Crippen LogP contribution is -2.31. The molecule has 2 N–H and O–H groups in total. The first-order chi connectivity index (χ1) is 6.84. The van der Waals surface area contributed by atoms with Gasteiger partial charge in [0.2, 0.25) is 0 Å². The van der Waals surface area contributed by atoms with Crippen molar-refractivity contribution in [2.45, 2.75) is 65.6 Å². The molecule has 0 fully saturated rings. The van der Waals surface area contributed by atoms with Gasteiger partial charge in [-0.05, 0) is 44.1 Å². The van der Waals surface area contributed by atoms with Gasteiger partial charge in [0.25, 0.3) is 0 Å². The van der Waals surface area contributed by atoms with Crippen LogP contribution < -0.4 is 0 Å². The number of hydrogen-bond donors (Lipinski definition) is 2. The molecule has 0 aromatic heterocycles. The highest BCUT2D eigenvalue weighted by Gasteiger charge is 2.32. The third-order valence-corrected chi connectivity index (χ3v) is 3.44. The standard InChI is InChI=1S/C13H24O2/c1-9-6-5-7-13(3,4)12(9)11(15)8-10(2)14/h10-11,14-15H,5-8H2,1-4H3. The van der Waals surface area contributed by atoms with Gasteiger partial charge in [-0.3, -0.25) is 0 Å². The lowest BCUT2D eigenvalue weighted by molar-refractivity contribution is 0.0938. The summed E-state index contributed by atoms with van der Waals surface area (Å²) in [6.45, 7) is 8.23. The van der Waals surface area contributed by atoms with E-state index in [0.29, 0.717) is 6.42 Å². The highest BCUT2D eigenvalue weighted by Crippen LogP contribution is 2.42. The fourth-order valence-electron chi connectivity index (χ4n) is 2.82. The zero-order valence-electron chi connectivity index (χ0n) is 10.4. The smallest absolute Gasteiger partial charge is 0.0782 e. The molecule has 2 nitrogen and oxygen atoms in total. The normalized spacial score (nSPS) is 25.2. The molecule has 0 saturated heterocycles. The van der Waals surface area contributed by atoms with Crippen LogP contribution in [0.15, 0.2) is 11.1 Å². The second-order valence-electron chi connectivity index (χ2n) is 5.53. The molecule has 88 valence electrons. The van der Waals surface area contributed by atoms with E-state index < -0.39 is 12.2 Å². The molecule has 0 saturated carbocycles. The van der Waals surface area contributed by atoms with Crippen LogP contribution in [-0.2, 0) is 0 Å². The highest BCUT2D eigenvalue weighted by molar-refractivity contribution is 5.26. The molecule has 0 spiro atoms. The quantitative estimate of drug-likeness (QED) is 0.706. The van der Waals surface area contributed by atoms with Crippen molar-refractivity contribution in [3.63, 3.8) is 0 Å². The zero-order chi connectivity index (χ0) is 11.6. The van der Waals surface area contributed by atoms with Crippen molar-refractivity contribution >= 4 is 0 Å². The summed E-state index contributed by atoms with van der Waals surface area (Å²) in [5, 5.41) is 19.5. The Morgan fingerprint density at radius 1 is 1.33 bits per heavy atom. The third kappa shape index (κ3) is 3.05.